The van der Waals surface area contributed by atoms with Gasteiger partial charge in [0.1, 0.15) is 12.2 Å². The maximum atomic E-state index is 12.6. The minimum absolute atomic E-state index is 0.0902. The molecule has 0 aromatic heterocycles. The molecule has 1 amide bonds. The number of para-hydroxylation sites is 1. The van der Waals surface area contributed by atoms with Crippen LogP contribution in [-0.2, 0) is 9.53 Å². The van der Waals surface area contributed by atoms with Crippen LogP contribution in [0.4, 0.5) is 5.69 Å². The van der Waals surface area contributed by atoms with Crippen molar-refractivity contribution in [3.8, 4) is 0 Å². The Bertz CT molecular complexity index is 556. The molecule has 106 valence electrons. The number of ether oxygens (including phenoxy) is 1. The van der Waals surface area contributed by atoms with Gasteiger partial charge in [0.15, 0.2) is 0 Å². The second-order valence-corrected chi connectivity index (χ2v) is 5.50. The monoisotopic (exact) mass is 274 g/mol. The van der Waals surface area contributed by atoms with Gasteiger partial charge < -0.3 is 15.0 Å². The van der Waals surface area contributed by atoms with Gasteiger partial charge in [0.05, 0.1) is 11.7 Å². The normalized spacial score (nSPS) is 24.1. The summed E-state index contributed by atoms with van der Waals surface area (Å²) in [6.45, 7) is 3.63. The van der Waals surface area contributed by atoms with Gasteiger partial charge >= 0.3 is 5.97 Å². The number of carbonyl (C=O) groups excluding carboxylic acids is 2. The Labute approximate surface area is 117 Å². The van der Waals surface area contributed by atoms with E-state index >= 15 is 0 Å². The summed E-state index contributed by atoms with van der Waals surface area (Å²) in [4.78, 5) is 26.3. The standard InChI is InChI=1S/C15H18N2O3/c1-9(2)20-15(19)12-7-8-13-16-11-6-4-3-5-10(11)14(18)17(12)13/h3-6,9,12-13,16H,7-8H2,1-2H3/t12-,13+/m0/s1. The average Bonchev–Trinajstić information content (AvgIpc) is 2.82. The van der Waals surface area contributed by atoms with Crippen LogP contribution in [0.5, 0.6) is 0 Å². The van der Waals surface area contributed by atoms with E-state index in [4.69, 9.17) is 4.74 Å². The van der Waals surface area contributed by atoms with Crippen molar-refractivity contribution < 1.29 is 14.3 Å². The molecule has 2 aliphatic heterocycles. The first-order valence-corrected chi connectivity index (χ1v) is 6.96. The highest BCUT2D eigenvalue weighted by atomic mass is 16.5. The van der Waals surface area contributed by atoms with Crippen LogP contribution in [0.25, 0.3) is 0 Å². The molecule has 2 heterocycles. The summed E-state index contributed by atoms with van der Waals surface area (Å²) in [7, 11) is 0. The zero-order chi connectivity index (χ0) is 14.3. The molecular formula is C15H18N2O3. The molecular weight excluding hydrogens is 256 g/mol. The van der Waals surface area contributed by atoms with Gasteiger partial charge in [-0.15, -0.1) is 0 Å². The van der Waals surface area contributed by atoms with Crippen LogP contribution in [0.2, 0.25) is 0 Å². The van der Waals surface area contributed by atoms with Crippen LogP contribution in [0.1, 0.15) is 37.0 Å². The van der Waals surface area contributed by atoms with Crippen LogP contribution >= 0.6 is 0 Å². The molecule has 5 nitrogen and oxygen atoms in total. The quantitative estimate of drug-likeness (QED) is 0.838. The minimum Gasteiger partial charge on any atom is -0.461 e. The second-order valence-electron chi connectivity index (χ2n) is 5.50. The van der Waals surface area contributed by atoms with E-state index in [1.807, 2.05) is 32.0 Å². The Morgan fingerprint density at radius 3 is 2.85 bits per heavy atom. The van der Waals surface area contributed by atoms with E-state index in [1.165, 1.54) is 0 Å². The lowest BCUT2D eigenvalue weighted by Gasteiger charge is -2.35. The summed E-state index contributed by atoms with van der Waals surface area (Å²) in [6, 6.07) is 6.93. The van der Waals surface area contributed by atoms with Crippen LogP contribution in [0.15, 0.2) is 24.3 Å². The number of esters is 1. The molecule has 0 saturated carbocycles. The summed E-state index contributed by atoms with van der Waals surface area (Å²) in [6.07, 6.45) is 1.13. The first-order valence-electron chi connectivity index (χ1n) is 6.96. The maximum Gasteiger partial charge on any atom is 0.329 e. The van der Waals surface area contributed by atoms with Crippen molar-refractivity contribution >= 4 is 17.6 Å². The predicted octanol–water partition coefficient (Wildman–Crippen LogP) is 1.99. The third-order valence-electron chi connectivity index (χ3n) is 3.72. The first-order chi connectivity index (χ1) is 9.58. The number of rotatable bonds is 2. The summed E-state index contributed by atoms with van der Waals surface area (Å²) in [5, 5.41) is 3.32. The fraction of sp³-hybridized carbons (Fsp3) is 0.467. The Kier molecular flexibility index (Phi) is 3.12. The highest BCUT2D eigenvalue weighted by Gasteiger charge is 2.45. The Hall–Kier alpha value is -2.04. The molecule has 1 N–H and O–H groups in total. The lowest BCUT2D eigenvalue weighted by Crippen LogP contribution is -2.51. The molecule has 2 aliphatic rings. The fourth-order valence-electron chi connectivity index (χ4n) is 2.89. The Morgan fingerprint density at radius 1 is 1.35 bits per heavy atom. The zero-order valence-electron chi connectivity index (χ0n) is 11.6. The third-order valence-corrected chi connectivity index (χ3v) is 3.72. The predicted molar refractivity (Wildman–Crippen MR) is 74.3 cm³/mol. The molecule has 0 aliphatic carbocycles. The fourth-order valence-corrected chi connectivity index (χ4v) is 2.89. The minimum atomic E-state index is -0.476. The third kappa shape index (κ3) is 2.03. The molecule has 1 fully saturated rings. The van der Waals surface area contributed by atoms with Crippen LogP contribution < -0.4 is 5.32 Å². The topological polar surface area (TPSA) is 58.6 Å². The summed E-state index contributed by atoms with van der Waals surface area (Å²) < 4.78 is 5.26. The zero-order valence-corrected chi connectivity index (χ0v) is 11.6. The van der Waals surface area contributed by atoms with E-state index in [0.29, 0.717) is 12.0 Å². The van der Waals surface area contributed by atoms with Gasteiger partial charge in [-0.1, -0.05) is 12.1 Å². The number of hydrogen-bond acceptors (Lipinski definition) is 4. The van der Waals surface area contributed by atoms with E-state index in [-0.39, 0.29) is 24.1 Å². The molecule has 2 atom stereocenters. The summed E-state index contributed by atoms with van der Waals surface area (Å²) >= 11 is 0. The molecule has 5 heteroatoms. The van der Waals surface area contributed by atoms with Gasteiger partial charge in [0.25, 0.3) is 5.91 Å². The molecule has 1 aromatic carbocycles. The highest BCUT2D eigenvalue weighted by Crippen LogP contribution is 2.34. The smallest absolute Gasteiger partial charge is 0.329 e. The number of amides is 1. The number of nitrogens with one attached hydrogen (secondary N) is 1. The second kappa shape index (κ2) is 4.81. The van der Waals surface area contributed by atoms with Crippen molar-refractivity contribution in [3.63, 3.8) is 0 Å². The van der Waals surface area contributed by atoms with Gasteiger partial charge in [-0.25, -0.2) is 4.79 Å². The molecule has 0 radical (unpaired) electrons. The van der Waals surface area contributed by atoms with Crippen molar-refractivity contribution in [2.45, 2.75) is 45.0 Å². The highest BCUT2D eigenvalue weighted by molar-refractivity contribution is 6.03. The number of benzene rings is 1. The molecule has 1 saturated heterocycles. The van der Waals surface area contributed by atoms with Crippen LogP contribution in [0, 0.1) is 0 Å². The molecule has 1 aromatic rings. The van der Waals surface area contributed by atoms with Gasteiger partial charge in [0.2, 0.25) is 0 Å². The number of nitrogens with zero attached hydrogens (tertiary/aromatic N) is 1. The van der Waals surface area contributed by atoms with Crippen LogP contribution in [0.3, 0.4) is 0 Å². The lowest BCUT2D eigenvalue weighted by atomic mass is 10.1. The van der Waals surface area contributed by atoms with Crippen molar-refractivity contribution in [1.82, 2.24) is 4.90 Å². The van der Waals surface area contributed by atoms with Gasteiger partial charge in [0, 0.05) is 5.69 Å². The van der Waals surface area contributed by atoms with E-state index in [0.717, 1.165) is 12.1 Å². The van der Waals surface area contributed by atoms with E-state index < -0.39 is 6.04 Å². The molecule has 0 spiro atoms. The van der Waals surface area contributed by atoms with Crippen molar-refractivity contribution in [2.24, 2.45) is 0 Å². The number of anilines is 1. The summed E-state index contributed by atoms with van der Waals surface area (Å²) in [5.41, 5.74) is 1.46. The number of fused-ring (bicyclic) bond motifs is 2. The van der Waals surface area contributed by atoms with E-state index in [1.54, 1.807) is 11.0 Å². The molecule has 0 unspecified atom stereocenters. The number of hydrogen-bond donors (Lipinski definition) is 1. The molecule has 3 rings (SSSR count). The first kappa shape index (κ1) is 13.0. The molecule has 0 bridgehead atoms. The number of carbonyl (C=O) groups is 2. The summed E-state index contributed by atoms with van der Waals surface area (Å²) in [5.74, 6) is -0.399. The lowest BCUT2D eigenvalue weighted by molar-refractivity contribution is -0.152. The van der Waals surface area contributed by atoms with Crippen molar-refractivity contribution in [3.05, 3.63) is 29.8 Å². The van der Waals surface area contributed by atoms with Gasteiger partial charge in [-0.05, 0) is 38.8 Å². The van der Waals surface area contributed by atoms with Crippen molar-refractivity contribution in [2.75, 3.05) is 5.32 Å². The Balaban J connectivity index is 1.88. The average molecular weight is 274 g/mol. The van der Waals surface area contributed by atoms with Gasteiger partial charge in [-0.3, -0.25) is 4.79 Å². The SMILES string of the molecule is CC(C)OC(=O)[C@@H]1CC[C@@H]2Nc3ccccc3C(=O)N21. The maximum absolute atomic E-state index is 12.6. The Morgan fingerprint density at radius 2 is 2.10 bits per heavy atom. The van der Waals surface area contributed by atoms with Gasteiger partial charge in [-0.2, -0.15) is 0 Å². The van der Waals surface area contributed by atoms with E-state index in [2.05, 4.69) is 5.32 Å². The largest absolute Gasteiger partial charge is 0.461 e. The molecule has 20 heavy (non-hydrogen) atoms. The van der Waals surface area contributed by atoms with Crippen molar-refractivity contribution in [1.29, 1.82) is 0 Å². The van der Waals surface area contributed by atoms with Crippen LogP contribution in [-0.4, -0.2) is 35.1 Å². The van der Waals surface area contributed by atoms with E-state index in [9.17, 15) is 9.59 Å².